The van der Waals surface area contributed by atoms with Crippen molar-refractivity contribution in [3.05, 3.63) is 0 Å². The van der Waals surface area contributed by atoms with E-state index in [0.717, 1.165) is 32.1 Å². The molecule has 0 saturated heterocycles. The van der Waals surface area contributed by atoms with Crippen molar-refractivity contribution < 1.29 is 68.9 Å². The highest BCUT2D eigenvalue weighted by Crippen LogP contribution is 2.29. The highest BCUT2D eigenvalue weighted by molar-refractivity contribution is 5.83. The number of rotatable bonds is 29. The Kier molecular flexibility index (Phi) is 23.1. The van der Waals surface area contributed by atoms with Gasteiger partial charge in [0.25, 0.3) is 0 Å². The normalized spacial score (nSPS) is 17.0. The Labute approximate surface area is 288 Å². The Morgan fingerprint density at radius 1 is 0.633 bits per heavy atom. The summed E-state index contributed by atoms with van der Waals surface area (Å²) in [5.74, 6) is -11.8. The lowest BCUT2D eigenvalue weighted by molar-refractivity contribution is -0.177. The van der Waals surface area contributed by atoms with E-state index < -0.39 is 104 Å². The van der Waals surface area contributed by atoms with Crippen LogP contribution in [0.25, 0.3) is 0 Å². The van der Waals surface area contributed by atoms with E-state index in [2.05, 4.69) is 0 Å². The SMILES string of the molecule is CCCC[C@@H](C)[C@@H](OC(=O)C[C@@H](CC(=O)O)C(=O)O)[C@H](C[C@@H](C)C[C@H](O)CCCCCC[C@H](O)[C@H](C)N)OC(=O)CC(CC(=O)O)C(=O)O. The van der Waals surface area contributed by atoms with Gasteiger partial charge >= 0.3 is 35.8 Å². The Morgan fingerprint density at radius 3 is 1.57 bits per heavy atom. The summed E-state index contributed by atoms with van der Waals surface area (Å²) in [6.07, 6.45) is -0.0465. The maximum Gasteiger partial charge on any atom is 0.307 e. The largest absolute Gasteiger partial charge is 0.481 e. The van der Waals surface area contributed by atoms with Crippen molar-refractivity contribution >= 4 is 35.8 Å². The minimum atomic E-state index is -1.57. The fourth-order valence-electron chi connectivity index (χ4n) is 5.66. The zero-order valence-corrected chi connectivity index (χ0v) is 29.3. The molecule has 0 amide bonds. The standard InChI is InChI=1S/C34H59NO14/c1-5-6-11-21(3)32(49-31(43)19-24(34(46)47)17-29(40)41)27(48-30(42)18-23(33(44)45)16-28(38)39)15-20(2)14-25(36)12-9-7-8-10-13-26(37)22(4)35/h20-27,32,36-37H,5-19,35H2,1-4H3,(H,38,39)(H,40,41)(H,44,45)(H,46,47)/t20-,21+,22-,23?,24+,25+,26-,27-,32+/m0/s1. The molecule has 15 nitrogen and oxygen atoms in total. The zero-order valence-electron chi connectivity index (χ0n) is 29.3. The number of unbranched alkanes of at least 4 members (excludes halogenated alkanes) is 4. The van der Waals surface area contributed by atoms with Crippen LogP contribution in [-0.2, 0) is 38.2 Å². The van der Waals surface area contributed by atoms with Gasteiger partial charge in [0.15, 0.2) is 0 Å². The van der Waals surface area contributed by atoms with Crippen LogP contribution in [0, 0.1) is 23.7 Å². The Bertz CT molecular complexity index is 1030. The summed E-state index contributed by atoms with van der Waals surface area (Å²) < 4.78 is 11.4. The lowest BCUT2D eigenvalue weighted by Crippen LogP contribution is -2.42. The molecule has 0 aromatic rings. The van der Waals surface area contributed by atoms with Crippen LogP contribution in [-0.4, -0.2) is 96.9 Å². The van der Waals surface area contributed by atoms with Crippen molar-refractivity contribution in [3.63, 3.8) is 0 Å². The average molecular weight is 706 g/mol. The van der Waals surface area contributed by atoms with Crippen molar-refractivity contribution in [1.82, 2.24) is 0 Å². The number of aliphatic hydroxyl groups excluding tert-OH is 2. The first-order valence-electron chi connectivity index (χ1n) is 17.3. The second-order valence-corrected chi connectivity index (χ2v) is 13.4. The summed E-state index contributed by atoms with van der Waals surface area (Å²) in [4.78, 5) is 71.6. The van der Waals surface area contributed by atoms with E-state index in [1.165, 1.54) is 0 Å². The summed E-state index contributed by atoms with van der Waals surface area (Å²) in [6, 6.07) is -0.300. The first-order valence-corrected chi connectivity index (χ1v) is 17.3. The molecule has 9 atom stereocenters. The number of esters is 2. The van der Waals surface area contributed by atoms with Crippen molar-refractivity contribution in [2.75, 3.05) is 0 Å². The van der Waals surface area contributed by atoms with Crippen LogP contribution in [0.1, 0.15) is 124 Å². The third kappa shape index (κ3) is 21.4. The van der Waals surface area contributed by atoms with Crippen LogP contribution < -0.4 is 5.73 Å². The number of ether oxygens (including phenoxy) is 2. The van der Waals surface area contributed by atoms with E-state index in [0.29, 0.717) is 25.7 Å². The van der Waals surface area contributed by atoms with E-state index in [1.807, 2.05) is 6.92 Å². The van der Waals surface area contributed by atoms with Gasteiger partial charge < -0.3 is 45.8 Å². The molecule has 0 aromatic heterocycles. The molecule has 0 aliphatic carbocycles. The van der Waals surface area contributed by atoms with Gasteiger partial charge in [-0.1, -0.05) is 59.3 Å². The number of hydrogen-bond acceptors (Lipinski definition) is 11. The third-order valence-corrected chi connectivity index (χ3v) is 8.56. The summed E-state index contributed by atoms with van der Waals surface area (Å²) in [7, 11) is 0. The van der Waals surface area contributed by atoms with Gasteiger partial charge in [-0.2, -0.15) is 0 Å². The summed E-state index contributed by atoms with van der Waals surface area (Å²) in [5.41, 5.74) is 5.68. The lowest BCUT2D eigenvalue weighted by atomic mass is 9.87. The molecule has 0 heterocycles. The number of carbonyl (C=O) groups is 6. The number of nitrogens with two attached hydrogens (primary N) is 1. The van der Waals surface area contributed by atoms with Crippen LogP contribution in [0.4, 0.5) is 0 Å². The number of aliphatic carboxylic acids is 4. The van der Waals surface area contributed by atoms with Crippen molar-refractivity contribution in [2.24, 2.45) is 29.4 Å². The summed E-state index contributed by atoms with van der Waals surface area (Å²) in [5, 5.41) is 57.6. The minimum Gasteiger partial charge on any atom is -0.481 e. The second-order valence-electron chi connectivity index (χ2n) is 13.4. The number of carbonyl (C=O) groups excluding carboxylic acids is 2. The van der Waals surface area contributed by atoms with Gasteiger partial charge in [0.05, 0.1) is 49.7 Å². The predicted octanol–water partition coefficient (Wildman–Crippen LogP) is 3.59. The fraction of sp³-hybridized carbons (Fsp3) is 0.824. The number of carboxylic acid groups (broad SMARTS) is 4. The van der Waals surface area contributed by atoms with Crippen LogP contribution in [0.2, 0.25) is 0 Å². The van der Waals surface area contributed by atoms with E-state index in [4.69, 9.17) is 25.4 Å². The molecular formula is C34H59NO14. The molecule has 0 radical (unpaired) electrons. The molecule has 0 aliphatic heterocycles. The van der Waals surface area contributed by atoms with Crippen LogP contribution in [0.3, 0.4) is 0 Å². The lowest BCUT2D eigenvalue weighted by Gasteiger charge is -2.33. The predicted molar refractivity (Wildman–Crippen MR) is 176 cm³/mol. The molecule has 0 bridgehead atoms. The first kappa shape index (κ1) is 45.7. The van der Waals surface area contributed by atoms with E-state index in [-0.39, 0.29) is 24.8 Å². The van der Waals surface area contributed by atoms with Crippen molar-refractivity contribution in [3.8, 4) is 0 Å². The van der Waals surface area contributed by atoms with Gasteiger partial charge in [0.1, 0.15) is 12.2 Å². The number of hydrogen-bond donors (Lipinski definition) is 7. The van der Waals surface area contributed by atoms with Crippen LogP contribution in [0.15, 0.2) is 0 Å². The smallest absolute Gasteiger partial charge is 0.307 e. The second kappa shape index (κ2) is 24.8. The van der Waals surface area contributed by atoms with Gasteiger partial charge in [0, 0.05) is 6.04 Å². The van der Waals surface area contributed by atoms with Crippen LogP contribution >= 0.6 is 0 Å². The molecule has 0 aliphatic rings. The van der Waals surface area contributed by atoms with E-state index in [9.17, 15) is 49.2 Å². The monoisotopic (exact) mass is 705 g/mol. The van der Waals surface area contributed by atoms with Gasteiger partial charge in [-0.25, -0.2) is 0 Å². The Balaban J connectivity index is 5.94. The van der Waals surface area contributed by atoms with Crippen molar-refractivity contribution in [2.45, 2.75) is 154 Å². The van der Waals surface area contributed by atoms with Gasteiger partial charge in [-0.05, 0) is 50.9 Å². The van der Waals surface area contributed by atoms with Gasteiger partial charge in [0.2, 0.25) is 0 Å². The maximum absolute atomic E-state index is 13.0. The number of carboxylic acids is 4. The molecule has 0 rings (SSSR count). The molecular weight excluding hydrogens is 646 g/mol. The summed E-state index contributed by atoms with van der Waals surface area (Å²) in [6.45, 7) is 7.23. The van der Waals surface area contributed by atoms with Crippen LogP contribution in [0.5, 0.6) is 0 Å². The van der Waals surface area contributed by atoms with E-state index in [1.54, 1.807) is 20.8 Å². The molecule has 0 aromatic carbocycles. The molecule has 0 saturated carbocycles. The topological polar surface area (TPSA) is 268 Å². The minimum absolute atomic E-state index is 0.0700. The average Bonchev–Trinajstić information content (AvgIpc) is 2.98. The zero-order chi connectivity index (χ0) is 37.7. The Morgan fingerprint density at radius 2 is 1.12 bits per heavy atom. The molecule has 284 valence electrons. The van der Waals surface area contributed by atoms with Crippen molar-refractivity contribution in [1.29, 1.82) is 0 Å². The van der Waals surface area contributed by atoms with E-state index >= 15 is 0 Å². The summed E-state index contributed by atoms with van der Waals surface area (Å²) >= 11 is 0. The Hall–Kier alpha value is -3.30. The fourth-order valence-corrected chi connectivity index (χ4v) is 5.66. The molecule has 1 unspecified atom stereocenters. The molecule has 8 N–H and O–H groups in total. The number of aliphatic hydroxyl groups is 2. The third-order valence-electron chi connectivity index (χ3n) is 8.56. The highest BCUT2D eigenvalue weighted by atomic mass is 16.6. The molecule has 15 heteroatoms. The molecule has 0 fully saturated rings. The quantitative estimate of drug-likeness (QED) is 0.0433. The molecule has 0 spiro atoms. The van der Waals surface area contributed by atoms with Gasteiger partial charge in [-0.15, -0.1) is 0 Å². The first-order chi connectivity index (χ1) is 22.9. The molecule has 49 heavy (non-hydrogen) atoms. The van der Waals surface area contributed by atoms with Gasteiger partial charge in [-0.3, -0.25) is 28.8 Å². The highest BCUT2D eigenvalue weighted by Gasteiger charge is 2.37. The maximum atomic E-state index is 13.0.